The molecule has 0 bridgehead atoms. The maximum atomic E-state index is 6.00. The van der Waals surface area contributed by atoms with Gasteiger partial charge in [-0.05, 0) is 50.6 Å². The van der Waals surface area contributed by atoms with Gasteiger partial charge in [-0.25, -0.2) is 0 Å². The van der Waals surface area contributed by atoms with Crippen LogP contribution in [0.3, 0.4) is 0 Å². The summed E-state index contributed by atoms with van der Waals surface area (Å²) in [5.41, 5.74) is 6.45. The van der Waals surface area contributed by atoms with Gasteiger partial charge in [-0.3, -0.25) is 0 Å². The van der Waals surface area contributed by atoms with E-state index in [1.54, 1.807) is 0 Å². The van der Waals surface area contributed by atoms with Crippen LogP contribution in [-0.4, -0.2) is 32.3 Å². The van der Waals surface area contributed by atoms with E-state index in [0.717, 1.165) is 13.1 Å². The minimum Gasteiger partial charge on any atom is -0.381 e. The van der Waals surface area contributed by atoms with E-state index in [-0.39, 0.29) is 0 Å². The second-order valence-corrected chi connectivity index (χ2v) is 5.99. The van der Waals surface area contributed by atoms with Gasteiger partial charge in [-0.1, -0.05) is 19.3 Å². The summed E-state index contributed by atoms with van der Waals surface area (Å²) in [6, 6.07) is 0.693. The van der Waals surface area contributed by atoms with Gasteiger partial charge in [-0.2, -0.15) is 0 Å². The first-order valence-electron chi connectivity index (χ1n) is 7.24. The molecule has 0 heterocycles. The smallest absolute Gasteiger partial charge is 0.0601 e. The van der Waals surface area contributed by atoms with Crippen LogP contribution >= 0.6 is 0 Å². The molecule has 2 aliphatic carbocycles. The van der Waals surface area contributed by atoms with Gasteiger partial charge in [0, 0.05) is 13.2 Å². The van der Waals surface area contributed by atoms with Crippen LogP contribution in [-0.2, 0) is 4.74 Å². The third-order valence-corrected chi connectivity index (χ3v) is 4.86. The average molecular weight is 240 g/mol. The molecular weight excluding hydrogens is 212 g/mol. The third-order valence-electron chi connectivity index (χ3n) is 4.86. The Morgan fingerprint density at radius 1 is 1.24 bits per heavy atom. The van der Waals surface area contributed by atoms with Crippen molar-refractivity contribution in [3.8, 4) is 0 Å². The maximum Gasteiger partial charge on any atom is 0.0601 e. The summed E-state index contributed by atoms with van der Waals surface area (Å²) in [6.07, 6.45) is 11.0. The Labute approximate surface area is 105 Å². The highest BCUT2D eigenvalue weighted by atomic mass is 16.5. The first kappa shape index (κ1) is 13.3. The van der Waals surface area contributed by atoms with Crippen LogP contribution in [0, 0.1) is 5.41 Å². The molecule has 2 aliphatic rings. The largest absolute Gasteiger partial charge is 0.381 e. The normalized spacial score (nSPS) is 32.1. The van der Waals surface area contributed by atoms with Gasteiger partial charge in [0.25, 0.3) is 0 Å². The van der Waals surface area contributed by atoms with Crippen molar-refractivity contribution in [1.29, 1.82) is 0 Å². The van der Waals surface area contributed by atoms with Gasteiger partial charge in [0.1, 0.15) is 0 Å². The van der Waals surface area contributed by atoms with Crippen molar-refractivity contribution < 1.29 is 4.74 Å². The van der Waals surface area contributed by atoms with Crippen molar-refractivity contribution in [2.75, 3.05) is 20.2 Å². The Balaban J connectivity index is 1.63. The molecule has 2 rings (SSSR count). The zero-order valence-corrected chi connectivity index (χ0v) is 11.2. The van der Waals surface area contributed by atoms with E-state index in [9.17, 15) is 0 Å². The van der Waals surface area contributed by atoms with Crippen LogP contribution in [0.1, 0.15) is 51.4 Å². The number of nitrogens with two attached hydrogens (primary N) is 1. The van der Waals surface area contributed by atoms with Crippen molar-refractivity contribution in [2.45, 2.75) is 63.5 Å². The van der Waals surface area contributed by atoms with Crippen LogP contribution in [0.2, 0.25) is 0 Å². The number of nitrogens with one attached hydrogen (secondary N) is 1. The topological polar surface area (TPSA) is 47.3 Å². The van der Waals surface area contributed by atoms with Crippen molar-refractivity contribution in [3.63, 3.8) is 0 Å². The minimum absolute atomic E-state index is 0.454. The standard InChI is InChI=1S/C14H28N2O/c1-17-13-9-12(10-13)16-8-7-14(11-15)5-3-2-4-6-14/h12-13,16H,2-11,15H2,1H3. The van der Waals surface area contributed by atoms with E-state index in [1.165, 1.54) is 51.4 Å². The molecule has 0 radical (unpaired) electrons. The lowest BCUT2D eigenvalue weighted by Crippen LogP contribution is -2.46. The average Bonchev–Trinajstić information content (AvgIpc) is 2.33. The summed E-state index contributed by atoms with van der Waals surface area (Å²) in [5.74, 6) is 0. The predicted octanol–water partition coefficient (Wildman–Crippen LogP) is 2.05. The lowest BCUT2D eigenvalue weighted by atomic mass is 9.72. The number of rotatable bonds is 6. The quantitative estimate of drug-likeness (QED) is 0.747. The first-order valence-corrected chi connectivity index (χ1v) is 7.24. The second-order valence-electron chi connectivity index (χ2n) is 5.99. The monoisotopic (exact) mass is 240 g/mol. The maximum absolute atomic E-state index is 6.00. The van der Waals surface area contributed by atoms with Gasteiger partial charge in [0.15, 0.2) is 0 Å². The van der Waals surface area contributed by atoms with E-state index in [2.05, 4.69) is 5.32 Å². The molecular formula is C14H28N2O. The highest BCUT2D eigenvalue weighted by Gasteiger charge is 2.32. The Kier molecular flexibility index (Phi) is 4.83. The van der Waals surface area contributed by atoms with E-state index >= 15 is 0 Å². The summed E-state index contributed by atoms with van der Waals surface area (Å²) >= 11 is 0. The Morgan fingerprint density at radius 3 is 2.53 bits per heavy atom. The lowest BCUT2D eigenvalue weighted by molar-refractivity contribution is 0.0162. The molecule has 0 spiro atoms. The van der Waals surface area contributed by atoms with Crippen LogP contribution in [0.5, 0.6) is 0 Å². The molecule has 0 aromatic heterocycles. The molecule has 2 saturated carbocycles. The van der Waals surface area contributed by atoms with Crippen LogP contribution in [0.15, 0.2) is 0 Å². The molecule has 100 valence electrons. The van der Waals surface area contributed by atoms with Gasteiger partial charge in [-0.15, -0.1) is 0 Å². The Bertz CT molecular complexity index is 220. The zero-order valence-electron chi connectivity index (χ0n) is 11.2. The summed E-state index contributed by atoms with van der Waals surface area (Å²) in [4.78, 5) is 0. The molecule has 0 saturated heterocycles. The molecule has 0 atom stereocenters. The first-order chi connectivity index (χ1) is 8.28. The molecule has 0 aliphatic heterocycles. The Hall–Kier alpha value is -0.120. The summed E-state index contributed by atoms with van der Waals surface area (Å²) in [6.45, 7) is 2.01. The second kappa shape index (κ2) is 6.17. The summed E-state index contributed by atoms with van der Waals surface area (Å²) in [5, 5.41) is 3.65. The molecule has 0 aromatic rings. The molecule has 3 N–H and O–H groups in total. The van der Waals surface area contributed by atoms with Crippen molar-refractivity contribution in [2.24, 2.45) is 11.1 Å². The molecule has 2 fully saturated rings. The van der Waals surface area contributed by atoms with Crippen LogP contribution in [0.25, 0.3) is 0 Å². The summed E-state index contributed by atoms with van der Waals surface area (Å²) < 4.78 is 5.29. The molecule has 0 amide bonds. The van der Waals surface area contributed by atoms with Crippen LogP contribution in [0.4, 0.5) is 0 Å². The lowest BCUT2D eigenvalue weighted by Gasteiger charge is -2.39. The van der Waals surface area contributed by atoms with E-state index in [1.807, 2.05) is 7.11 Å². The number of hydrogen-bond donors (Lipinski definition) is 2. The third kappa shape index (κ3) is 3.43. The zero-order chi connectivity index (χ0) is 12.1. The van der Waals surface area contributed by atoms with Gasteiger partial charge >= 0.3 is 0 Å². The number of ether oxygens (including phenoxy) is 1. The van der Waals surface area contributed by atoms with Gasteiger partial charge in [0.2, 0.25) is 0 Å². The van der Waals surface area contributed by atoms with Gasteiger partial charge in [0.05, 0.1) is 6.10 Å². The van der Waals surface area contributed by atoms with E-state index in [0.29, 0.717) is 17.6 Å². The number of hydrogen-bond acceptors (Lipinski definition) is 3. The molecule has 17 heavy (non-hydrogen) atoms. The highest BCUT2D eigenvalue weighted by molar-refractivity contribution is 4.88. The fraction of sp³-hybridized carbons (Fsp3) is 1.00. The molecule has 3 heteroatoms. The van der Waals surface area contributed by atoms with Crippen molar-refractivity contribution in [3.05, 3.63) is 0 Å². The molecule has 3 nitrogen and oxygen atoms in total. The van der Waals surface area contributed by atoms with Gasteiger partial charge < -0.3 is 15.8 Å². The SMILES string of the molecule is COC1CC(NCCC2(CN)CCCCC2)C1. The Morgan fingerprint density at radius 2 is 1.94 bits per heavy atom. The van der Waals surface area contributed by atoms with Crippen molar-refractivity contribution >= 4 is 0 Å². The summed E-state index contributed by atoms with van der Waals surface area (Å²) in [7, 11) is 1.81. The molecule has 0 aromatic carbocycles. The van der Waals surface area contributed by atoms with Crippen LogP contribution < -0.4 is 11.1 Å². The van der Waals surface area contributed by atoms with E-state index in [4.69, 9.17) is 10.5 Å². The predicted molar refractivity (Wildman–Crippen MR) is 71.0 cm³/mol. The highest BCUT2D eigenvalue weighted by Crippen LogP contribution is 2.38. The minimum atomic E-state index is 0.454. The fourth-order valence-electron chi connectivity index (χ4n) is 3.32. The van der Waals surface area contributed by atoms with E-state index < -0.39 is 0 Å². The molecule has 0 unspecified atom stereocenters. The van der Waals surface area contributed by atoms with Crippen molar-refractivity contribution in [1.82, 2.24) is 5.32 Å². The fourth-order valence-corrected chi connectivity index (χ4v) is 3.32. The number of methoxy groups -OCH3 is 1.